The molecule has 1 aromatic rings. The molecule has 1 nitrogen and oxygen atoms in total. The first-order valence-electron chi connectivity index (χ1n) is 5.96. The van der Waals surface area contributed by atoms with E-state index in [1.807, 2.05) is 0 Å². The van der Waals surface area contributed by atoms with Gasteiger partial charge in [0.15, 0.2) is 0 Å². The smallest absolute Gasteiger partial charge is 0.0404 e. The van der Waals surface area contributed by atoms with Crippen LogP contribution in [0.4, 0.5) is 5.69 Å². The van der Waals surface area contributed by atoms with Crippen molar-refractivity contribution in [2.24, 2.45) is 0 Å². The standard InChI is InChI=1S/C14H17N/c1-2-10-15(11-3-1)14-9-5-7-12-6-4-8-13(12)14/h1-2,5,7,9H,3-4,6,8,10-11H2. The number of hydrogen-bond donors (Lipinski definition) is 0. The van der Waals surface area contributed by atoms with E-state index < -0.39 is 0 Å². The molecule has 2 aliphatic rings. The van der Waals surface area contributed by atoms with Gasteiger partial charge in [0.25, 0.3) is 0 Å². The molecule has 3 rings (SSSR count). The summed E-state index contributed by atoms with van der Waals surface area (Å²) in [4.78, 5) is 2.52. The van der Waals surface area contributed by atoms with Crippen molar-refractivity contribution in [2.75, 3.05) is 18.0 Å². The van der Waals surface area contributed by atoms with Gasteiger partial charge in [-0.3, -0.25) is 0 Å². The number of fused-ring (bicyclic) bond motifs is 1. The van der Waals surface area contributed by atoms with E-state index in [4.69, 9.17) is 0 Å². The molecule has 0 spiro atoms. The predicted octanol–water partition coefficient (Wildman–Crippen LogP) is 2.94. The summed E-state index contributed by atoms with van der Waals surface area (Å²) in [6.07, 6.45) is 9.69. The predicted molar refractivity (Wildman–Crippen MR) is 64.4 cm³/mol. The van der Waals surface area contributed by atoms with Gasteiger partial charge in [-0.2, -0.15) is 0 Å². The molecule has 0 aromatic heterocycles. The minimum Gasteiger partial charge on any atom is -0.367 e. The Hall–Kier alpha value is -1.24. The van der Waals surface area contributed by atoms with Gasteiger partial charge < -0.3 is 4.90 Å². The monoisotopic (exact) mass is 199 g/mol. The number of rotatable bonds is 1. The summed E-state index contributed by atoms with van der Waals surface area (Å²) in [6, 6.07) is 6.81. The molecule has 0 bridgehead atoms. The minimum atomic E-state index is 1.09. The topological polar surface area (TPSA) is 3.24 Å². The van der Waals surface area contributed by atoms with Crippen LogP contribution < -0.4 is 4.90 Å². The highest BCUT2D eigenvalue weighted by atomic mass is 15.1. The van der Waals surface area contributed by atoms with Crippen LogP contribution in [-0.4, -0.2) is 13.1 Å². The molecule has 1 aliphatic heterocycles. The van der Waals surface area contributed by atoms with Crippen molar-refractivity contribution in [2.45, 2.75) is 25.7 Å². The van der Waals surface area contributed by atoms with Crippen LogP contribution in [0.15, 0.2) is 30.4 Å². The Labute approximate surface area is 91.4 Å². The summed E-state index contributed by atoms with van der Waals surface area (Å²) in [5.41, 5.74) is 4.70. The zero-order valence-electron chi connectivity index (χ0n) is 9.08. The van der Waals surface area contributed by atoms with Crippen molar-refractivity contribution in [3.05, 3.63) is 41.5 Å². The summed E-state index contributed by atoms with van der Waals surface area (Å²) < 4.78 is 0. The Morgan fingerprint density at radius 3 is 2.93 bits per heavy atom. The van der Waals surface area contributed by atoms with Gasteiger partial charge in [0.2, 0.25) is 0 Å². The van der Waals surface area contributed by atoms with Crippen molar-refractivity contribution in [3.8, 4) is 0 Å². The second-order valence-corrected chi connectivity index (χ2v) is 4.47. The molecule has 0 unspecified atom stereocenters. The third kappa shape index (κ3) is 1.56. The van der Waals surface area contributed by atoms with Crippen LogP contribution in [0, 0.1) is 0 Å². The molecular formula is C14H17N. The van der Waals surface area contributed by atoms with Gasteiger partial charge in [-0.25, -0.2) is 0 Å². The Bertz CT molecular complexity index is 392. The SMILES string of the molecule is C1=CCN(c2cccc3c2CCC3)CC1. The van der Waals surface area contributed by atoms with Gasteiger partial charge in [-0.1, -0.05) is 24.3 Å². The lowest BCUT2D eigenvalue weighted by molar-refractivity contribution is 0.813. The minimum absolute atomic E-state index is 1.09. The van der Waals surface area contributed by atoms with E-state index in [2.05, 4.69) is 35.3 Å². The van der Waals surface area contributed by atoms with Gasteiger partial charge in [0, 0.05) is 18.8 Å². The lowest BCUT2D eigenvalue weighted by atomic mass is 10.1. The zero-order valence-corrected chi connectivity index (χ0v) is 9.08. The highest BCUT2D eigenvalue weighted by Crippen LogP contribution is 2.31. The van der Waals surface area contributed by atoms with Crippen molar-refractivity contribution in [1.82, 2.24) is 0 Å². The average molecular weight is 199 g/mol. The molecule has 78 valence electrons. The van der Waals surface area contributed by atoms with Gasteiger partial charge in [-0.05, 0) is 42.9 Å². The third-order valence-electron chi connectivity index (χ3n) is 3.52. The number of anilines is 1. The molecule has 1 heteroatoms. The molecule has 15 heavy (non-hydrogen) atoms. The van der Waals surface area contributed by atoms with Crippen LogP contribution in [0.25, 0.3) is 0 Å². The molecule has 0 fully saturated rings. The second-order valence-electron chi connectivity index (χ2n) is 4.47. The maximum Gasteiger partial charge on any atom is 0.0404 e. The fraction of sp³-hybridized carbons (Fsp3) is 0.429. The first-order valence-corrected chi connectivity index (χ1v) is 5.96. The van der Waals surface area contributed by atoms with E-state index in [1.165, 1.54) is 37.9 Å². The van der Waals surface area contributed by atoms with E-state index in [0.717, 1.165) is 6.54 Å². The Kier molecular flexibility index (Phi) is 2.24. The highest BCUT2D eigenvalue weighted by molar-refractivity contribution is 5.59. The fourth-order valence-corrected chi connectivity index (χ4v) is 2.76. The summed E-state index contributed by atoms with van der Waals surface area (Å²) in [5.74, 6) is 0. The maximum atomic E-state index is 2.52. The fourth-order valence-electron chi connectivity index (χ4n) is 2.76. The molecule has 0 N–H and O–H groups in total. The van der Waals surface area contributed by atoms with Crippen LogP contribution in [0.2, 0.25) is 0 Å². The zero-order chi connectivity index (χ0) is 10.1. The number of nitrogens with zero attached hydrogens (tertiary/aromatic N) is 1. The van der Waals surface area contributed by atoms with Gasteiger partial charge in [0.05, 0.1) is 0 Å². The van der Waals surface area contributed by atoms with Crippen molar-refractivity contribution < 1.29 is 0 Å². The van der Waals surface area contributed by atoms with Crippen LogP contribution in [0.1, 0.15) is 24.0 Å². The van der Waals surface area contributed by atoms with Gasteiger partial charge >= 0.3 is 0 Å². The van der Waals surface area contributed by atoms with Gasteiger partial charge in [-0.15, -0.1) is 0 Å². The van der Waals surface area contributed by atoms with E-state index in [-0.39, 0.29) is 0 Å². The lowest BCUT2D eigenvalue weighted by Crippen LogP contribution is -2.27. The van der Waals surface area contributed by atoms with Crippen LogP contribution in [0.3, 0.4) is 0 Å². The van der Waals surface area contributed by atoms with Crippen molar-refractivity contribution in [1.29, 1.82) is 0 Å². The Morgan fingerprint density at radius 1 is 1.07 bits per heavy atom. The molecule has 1 heterocycles. The van der Waals surface area contributed by atoms with E-state index in [1.54, 1.807) is 11.1 Å². The average Bonchev–Trinajstić information content (AvgIpc) is 2.78. The first-order chi connectivity index (χ1) is 7.45. The molecule has 1 aliphatic carbocycles. The lowest BCUT2D eigenvalue weighted by Gasteiger charge is -2.27. The largest absolute Gasteiger partial charge is 0.367 e. The van der Waals surface area contributed by atoms with Crippen LogP contribution >= 0.6 is 0 Å². The maximum absolute atomic E-state index is 2.52. The summed E-state index contributed by atoms with van der Waals surface area (Å²) >= 11 is 0. The first kappa shape index (κ1) is 9.02. The van der Waals surface area contributed by atoms with E-state index >= 15 is 0 Å². The van der Waals surface area contributed by atoms with Crippen molar-refractivity contribution >= 4 is 5.69 Å². The Morgan fingerprint density at radius 2 is 2.07 bits per heavy atom. The summed E-state index contributed by atoms with van der Waals surface area (Å²) in [6.45, 7) is 2.28. The number of hydrogen-bond acceptors (Lipinski definition) is 1. The second kappa shape index (κ2) is 3.73. The molecule has 1 aromatic carbocycles. The molecule has 0 radical (unpaired) electrons. The van der Waals surface area contributed by atoms with Crippen LogP contribution in [-0.2, 0) is 12.8 Å². The molecule has 0 atom stereocenters. The van der Waals surface area contributed by atoms with Crippen LogP contribution in [0.5, 0.6) is 0 Å². The van der Waals surface area contributed by atoms with Gasteiger partial charge in [0.1, 0.15) is 0 Å². The normalized spacial score (nSPS) is 19.3. The third-order valence-corrected chi connectivity index (χ3v) is 3.52. The highest BCUT2D eigenvalue weighted by Gasteiger charge is 2.18. The van der Waals surface area contributed by atoms with E-state index in [9.17, 15) is 0 Å². The molecule has 0 saturated carbocycles. The molecular weight excluding hydrogens is 182 g/mol. The Balaban J connectivity index is 1.97. The summed E-state index contributed by atoms with van der Waals surface area (Å²) in [7, 11) is 0. The summed E-state index contributed by atoms with van der Waals surface area (Å²) in [5, 5.41) is 0. The number of aryl methyl sites for hydroxylation is 1. The van der Waals surface area contributed by atoms with Crippen molar-refractivity contribution in [3.63, 3.8) is 0 Å². The number of benzene rings is 1. The quantitative estimate of drug-likeness (QED) is 0.629. The molecule has 0 saturated heterocycles. The molecule has 0 amide bonds. The van der Waals surface area contributed by atoms with E-state index in [0.29, 0.717) is 0 Å².